The molecule has 0 unspecified atom stereocenters. The van der Waals surface area contributed by atoms with Crippen molar-refractivity contribution in [2.75, 3.05) is 11.9 Å². The Morgan fingerprint density at radius 3 is 2.26 bits per heavy atom. The van der Waals surface area contributed by atoms with Crippen molar-refractivity contribution in [2.45, 2.75) is 36.8 Å². The number of carbonyl (C=O) groups is 1. The summed E-state index contributed by atoms with van der Waals surface area (Å²) in [4.78, 5) is 13.1. The molecule has 0 saturated carbocycles. The Kier molecular flexibility index (Phi) is 6.11. The van der Waals surface area contributed by atoms with Crippen LogP contribution in [0.2, 0.25) is 0 Å². The maximum atomic E-state index is 11.9. The quantitative estimate of drug-likeness (QED) is 0.763. The van der Waals surface area contributed by atoms with Crippen LogP contribution in [0.3, 0.4) is 0 Å². The van der Waals surface area contributed by atoms with Gasteiger partial charge in [0.1, 0.15) is 0 Å². The highest BCUT2D eigenvalue weighted by Crippen LogP contribution is 2.32. The SMILES string of the molecule is CC(C)(C)Sc1ccc(NC(=O)NCCc2ccccc2)cc1. The van der Waals surface area contributed by atoms with Crippen LogP contribution in [0.4, 0.5) is 10.5 Å². The minimum Gasteiger partial charge on any atom is -0.338 e. The van der Waals surface area contributed by atoms with E-state index in [1.54, 1.807) is 0 Å². The van der Waals surface area contributed by atoms with Gasteiger partial charge < -0.3 is 10.6 Å². The Balaban J connectivity index is 1.76. The normalized spacial score (nSPS) is 11.1. The molecule has 0 aliphatic heterocycles. The van der Waals surface area contributed by atoms with Gasteiger partial charge in [0.2, 0.25) is 0 Å². The van der Waals surface area contributed by atoms with Crippen LogP contribution in [-0.4, -0.2) is 17.3 Å². The Labute approximate surface area is 142 Å². The lowest BCUT2D eigenvalue weighted by Crippen LogP contribution is -2.30. The van der Waals surface area contributed by atoms with Gasteiger partial charge in [-0.3, -0.25) is 0 Å². The summed E-state index contributed by atoms with van der Waals surface area (Å²) in [5.41, 5.74) is 2.02. The lowest BCUT2D eigenvalue weighted by atomic mass is 10.1. The zero-order chi connectivity index (χ0) is 16.7. The predicted molar refractivity (Wildman–Crippen MR) is 99.2 cm³/mol. The summed E-state index contributed by atoms with van der Waals surface area (Å²) < 4.78 is 0.184. The number of rotatable bonds is 5. The molecule has 0 radical (unpaired) electrons. The van der Waals surface area contributed by atoms with Crippen molar-refractivity contribution in [1.29, 1.82) is 0 Å². The van der Waals surface area contributed by atoms with Crippen LogP contribution in [0.25, 0.3) is 0 Å². The van der Waals surface area contributed by atoms with Gasteiger partial charge in [0.15, 0.2) is 0 Å². The molecule has 0 aliphatic carbocycles. The predicted octanol–water partition coefficient (Wildman–Crippen LogP) is 4.94. The van der Waals surface area contributed by atoms with E-state index in [2.05, 4.69) is 43.5 Å². The number of hydrogen-bond acceptors (Lipinski definition) is 2. The Hall–Kier alpha value is -1.94. The molecule has 0 spiro atoms. The monoisotopic (exact) mass is 328 g/mol. The van der Waals surface area contributed by atoms with Crippen LogP contribution in [0.5, 0.6) is 0 Å². The molecule has 2 aromatic carbocycles. The van der Waals surface area contributed by atoms with Crippen molar-refractivity contribution in [3.63, 3.8) is 0 Å². The molecule has 4 heteroatoms. The molecule has 2 N–H and O–H groups in total. The van der Waals surface area contributed by atoms with Crippen molar-refractivity contribution in [3.05, 3.63) is 60.2 Å². The standard InChI is InChI=1S/C19H24N2OS/c1-19(2,3)23-17-11-9-16(10-12-17)21-18(22)20-14-13-15-7-5-4-6-8-15/h4-12H,13-14H2,1-3H3,(H2,20,21,22). The summed E-state index contributed by atoms with van der Waals surface area (Å²) in [5.74, 6) is 0. The van der Waals surface area contributed by atoms with E-state index in [1.165, 1.54) is 10.5 Å². The van der Waals surface area contributed by atoms with E-state index < -0.39 is 0 Å². The van der Waals surface area contributed by atoms with E-state index in [1.807, 2.05) is 54.2 Å². The first kappa shape index (κ1) is 17.4. The second-order valence-corrected chi connectivity index (χ2v) is 8.26. The molecule has 2 amide bonds. The molecule has 0 heterocycles. The van der Waals surface area contributed by atoms with E-state index >= 15 is 0 Å². The van der Waals surface area contributed by atoms with Gasteiger partial charge >= 0.3 is 6.03 Å². The van der Waals surface area contributed by atoms with E-state index in [0.29, 0.717) is 6.54 Å². The fraction of sp³-hybridized carbons (Fsp3) is 0.316. The third-order valence-electron chi connectivity index (χ3n) is 3.08. The fourth-order valence-electron chi connectivity index (χ4n) is 2.10. The van der Waals surface area contributed by atoms with Crippen LogP contribution in [0.1, 0.15) is 26.3 Å². The minimum absolute atomic E-state index is 0.169. The highest BCUT2D eigenvalue weighted by Gasteiger charge is 2.11. The average Bonchev–Trinajstić information content (AvgIpc) is 2.49. The molecule has 122 valence electrons. The summed E-state index contributed by atoms with van der Waals surface area (Å²) >= 11 is 1.81. The minimum atomic E-state index is -0.169. The summed E-state index contributed by atoms with van der Waals surface area (Å²) in [7, 11) is 0. The van der Waals surface area contributed by atoms with Crippen molar-refractivity contribution >= 4 is 23.5 Å². The van der Waals surface area contributed by atoms with Crippen LogP contribution in [-0.2, 0) is 6.42 Å². The number of carbonyl (C=O) groups excluding carboxylic acids is 1. The van der Waals surface area contributed by atoms with Gasteiger partial charge in [0, 0.05) is 21.9 Å². The van der Waals surface area contributed by atoms with E-state index in [4.69, 9.17) is 0 Å². The van der Waals surface area contributed by atoms with Crippen molar-refractivity contribution in [2.24, 2.45) is 0 Å². The highest BCUT2D eigenvalue weighted by atomic mass is 32.2. The molecule has 0 aliphatic rings. The summed E-state index contributed by atoms with van der Waals surface area (Å²) in [6.07, 6.45) is 0.829. The van der Waals surface area contributed by atoms with Gasteiger partial charge in [-0.05, 0) is 36.2 Å². The largest absolute Gasteiger partial charge is 0.338 e. The molecule has 0 fully saturated rings. The maximum absolute atomic E-state index is 11.9. The number of amides is 2. The highest BCUT2D eigenvalue weighted by molar-refractivity contribution is 8.00. The Bertz CT molecular complexity index is 618. The molecule has 0 bridgehead atoms. The zero-order valence-electron chi connectivity index (χ0n) is 13.9. The summed E-state index contributed by atoms with van der Waals surface area (Å²) in [5, 5.41) is 5.74. The first-order valence-electron chi connectivity index (χ1n) is 7.80. The third-order valence-corrected chi connectivity index (χ3v) is 4.20. The van der Waals surface area contributed by atoms with E-state index in [0.717, 1.165) is 12.1 Å². The number of benzene rings is 2. The average molecular weight is 328 g/mol. The molecule has 2 rings (SSSR count). The van der Waals surface area contributed by atoms with Crippen LogP contribution < -0.4 is 10.6 Å². The van der Waals surface area contributed by atoms with Gasteiger partial charge in [-0.2, -0.15) is 0 Å². The molecule has 3 nitrogen and oxygen atoms in total. The van der Waals surface area contributed by atoms with E-state index in [-0.39, 0.29) is 10.8 Å². The third kappa shape index (κ3) is 6.78. The molecular weight excluding hydrogens is 304 g/mol. The van der Waals surface area contributed by atoms with Crippen molar-refractivity contribution < 1.29 is 4.79 Å². The molecular formula is C19H24N2OS. The summed E-state index contributed by atoms with van der Waals surface area (Å²) in [6, 6.07) is 17.9. The number of urea groups is 1. The Morgan fingerprint density at radius 1 is 1.00 bits per heavy atom. The topological polar surface area (TPSA) is 41.1 Å². The van der Waals surface area contributed by atoms with Crippen molar-refractivity contribution in [1.82, 2.24) is 5.32 Å². The smallest absolute Gasteiger partial charge is 0.319 e. The first-order chi connectivity index (χ1) is 10.9. The molecule has 23 heavy (non-hydrogen) atoms. The van der Waals surface area contributed by atoms with E-state index in [9.17, 15) is 4.79 Å². The van der Waals surface area contributed by atoms with Crippen LogP contribution >= 0.6 is 11.8 Å². The number of hydrogen-bond donors (Lipinski definition) is 2. The zero-order valence-corrected chi connectivity index (χ0v) is 14.7. The lowest BCUT2D eigenvalue weighted by Gasteiger charge is -2.17. The number of nitrogens with one attached hydrogen (secondary N) is 2. The summed E-state index contributed by atoms with van der Waals surface area (Å²) in [6.45, 7) is 7.17. The molecule has 0 aromatic heterocycles. The molecule has 0 saturated heterocycles. The maximum Gasteiger partial charge on any atom is 0.319 e. The second kappa shape index (κ2) is 8.06. The van der Waals surface area contributed by atoms with Crippen LogP contribution in [0, 0.1) is 0 Å². The first-order valence-corrected chi connectivity index (χ1v) is 8.62. The van der Waals surface area contributed by atoms with Gasteiger partial charge in [-0.25, -0.2) is 4.79 Å². The second-order valence-electron chi connectivity index (χ2n) is 6.36. The van der Waals surface area contributed by atoms with Crippen LogP contribution in [0.15, 0.2) is 59.5 Å². The molecule has 2 aromatic rings. The van der Waals surface area contributed by atoms with Gasteiger partial charge in [0.05, 0.1) is 0 Å². The lowest BCUT2D eigenvalue weighted by molar-refractivity contribution is 0.252. The number of thioether (sulfide) groups is 1. The van der Waals surface area contributed by atoms with Crippen molar-refractivity contribution in [3.8, 4) is 0 Å². The van der Waals surface area contributed by atoms with Gasteiger partial charge in [-0.1, -0.05) is 51.1 Å². The fourth-order valence-corrected chi connectivity index (χ4v) is 3.08. The van der Waals surface area contributed by atoms with Gasteiger partial charge in [-0.15, -0.1) is 11.8 Å². The Morgan fingerprint density at radius 2 is 1.65 bits per heavy atom. The molecule has 0 atom stereocenters. The number of anilines is 1. The van der Waals surface area contributed by atoms with Gasteiger partial charge in [0.25, 0.3) is 0 Å².